The molecule has 2 aliphatic heterocycles. The largest absolute Gasteiger partial charge is 0.474 e. The standard InChI is InChI=1S/C56H59N6O17PS4/c1-56(2,3)51(64)75-32-60-49(63)45-48(58-52(60)57-31-59(4)5)62(54(66)74-29-42-39-22-14-10-18-35(39)36-19-11-15-23-40(36)42)50-44(61(45)53(65)73-28-41-37-20-12-8-16-33(37)34-17-9-13-21-38(34)41)47-46(81-55(67)82-47)43(79-50)30-78-80(68,76-24-26-83(6,69)70)77-25-27-84(7,71)72/h8-23,31,41-44,50H,24-30,32H2,1-7H3/b57-31+/t43-,44+,50-/m1/s1. The van der Waals surface area contributed by atoms with E-state index in [0.29, 0.717) is 22.7 Å². The molecule has 0 radical (unpaired) electrons. The first kappa shape index (κ1) is 60.2. The molecule has 4 aliphatic rings. The SMILES string of the molecule is CN(C)/C=N/c1nc2c(c(=O)n1COC(=O)C(C)(C)C)N(C(=O)OCC1c3ccccc3-c3ccccc31)[C@H]1c3sc(=O)sc3[C@@H](COP(=O)(OCCS(C)(=O)=O)OCCS(C)(=O)=O)O[C@H]1N2C(=O)OCC1c2ccccc2-c2ccccc21. The van der Waals surface area contributed by atoms with Crippen molar-refractivity contribution in [2.24, 2.45) is 10.4 Å². The van der Waals surface area contributed by atoms with E-state index in [4.69, 9.17) is 37.5 Å². The molecule has 4 aromatic carbocycles. The van der Waals surface area contributed by atoms with Crippen molar-refractivity contribution >= 4 is 92.1 Å². The fourth-order valence-electron chi connectivity index (χ4n) is 10.2. The van der Waals surface area contributed by atoms with Crippen LogP contribution in [0.25, 0.3) is 22.3 Å². The Bertz CT molecular complexity index is 3880. The highest BCUT2D eigenvalue weighted by atomic mass is 32.2. The van der Waals surface area contributed by atoms with E-state index in [1.807, 2.05) is 97.1 Å². The van der Waals surface area contributed by atoms with Crippen LogP contribution in [-0.4, -0.2) is 133 Å². The number of nitrogens with zero attached hydrogens (tertiary/aromatic N) is 6. The third kappa shape index (κ3) is 12.6. The second kappa shape index (κ2) is 23.8. The van der Waals surface area contributed by atoms with Crippen LogP contribution in [0.1, 0.15) is 76.8 Å². The molecular formula is C56H59N6O17PS4. The number of rotatable bonds is 19. The molecule has 0 saturated heterocycles. The van der Waals surface area contributed by atoms with Gasteiger partial charge in [-0.1, -0.05) is 120 Å². The molecule has 0 fully saturated rings. The van der Waals surface area contributed by atoms with Gasteiger partial charge in [0.2, 0.25) is 5.95 Å². The smallest absolute Gasteiger partial charge is 0.448 e. The van der Waals surface area contributed by atoms with Crippen LogP contribution in [-0.2, 0) is 68.3 Å². The summed E-state index contributed by atoms with van der Waals surface area (Å²) in [7, 11) is -9.00. The van der Waals surface area contributed by atoms with Crippen LogP contribution >= 0.6 is 30.5 Å². The van der Waals surface area contributed by atoms with Crippen molar-refractivity contribution in [3.8, 4) is 22.3 Å². The minimum Gasteiger partial charge on any atom is -0.448 e. The molecule has 28 heteroatoms. The summed E-state index contributed by atoms with van der Waals surface area (Å²) < 4.78 is 105. The molecule has 2 aromatic heterocycles. The third-order valence-corrected chi connectivity index (χ3v) is 19.7. The van der Waals surface area contributed by atoms with Gasteiger partial charge in [0.1, 0.15) is 45.0 Å². The van der Waals surface area contributed by atoms with Crippen molar-refractivity contribution in [1.29, 1.82) is 0 Å². The number of sulfone groups is 2. The van der Waals surface area contributed by atoms with E-state index in [-0.39, 0.29) is 23.0 Å². The maximum Gasteiger partial charge on any atom is 0.474 e. The number of benzene rings is 4. The van der Waals surface area contributed by atoms with Gasteiger partial charge in [0.15, 0.2) is 24.5 Å². The molecule has 0 unspecified atom stereocenters. The Morgan fingerprint density at radius 2 is 1.15 bits per heavy atom. The van der Waals surface area contributed by atoms with E-state index in [1.54, 1.807) is 34.9 Å². The monoisotopic (exact) mass is 1250 g/mol. The van der Waals surface area contributed by atoms with Crippen LogP contribution in [0.3, 0.4) is 0 Å². The summed E-state index contributed by atoms with van der Waals surface area (Å²) >= 11 is 1.30. The number of aromatic nitrogens is 2. The number of carbonyl (C=O) groups is 3. The van der Waals surface area contributed by atoms with Gasteiger partial charge in [-0.25, -0.2) is 45.4 Å². The summed E-state index contributed by atoms with van der Waals surface area (Å²) in [5.74, 6) is -3.93. The lowest BCUT2D eigenvalue weighted by molar-refractivity contribution is -0.157. The van der Waals surface area contributed by atoms with Crippen molar-refractivity contribution in [3.63, 3.8) is 0 Å². The van der Waals surface area contributed by atoms with Gasteiger partial charge in [-0.3, -0.25) is 32.9 Å². The molecule has 0 bridgehead atoms. The van der Waals surface area contributed by atoms with Gasteiger partial charge in [-0.05, 0) is 65.3 Å². The normalized spacial score (nSPS) is 17.4. The van der Waals surface area contributed by atoms with Crippen LogP contribution in [0.2, 0.25) is 0 Å². The first-order valence-electron chi connectivity index (χ1n) is 26.3. The number of amides is 2. The van der Waals surface area contributed by atoms with Gasteiger partial charge in [-0.15, -0.1) is 0 Å². The Balaban J connectivity index is 1.12. The van der Waals surface area contributed by atoms with Crippen LogP contribution in [0.4, 0.5) is 27.0 Å². The predicted molar refractivity (Wildman–Crippen MR) is 315 cm³/mol. The molecule has 0 saturated carbocycles. The first-order chi connectivity index (χ1) is 39.8. The highest BCUT2D eigenvalue weighted by molar-refractivity contribution is 7.90. The van der Waals surface area contributed by atoms with Gasteiger partial charge in [0.05, 0.1) is 52.8 Å². The van der Waals surface area contributed by atoms with Crippen LogP contribution in [0.15, 0.2) is 112 Å². The van der Waals surface area contributed by atoms with E-state index in [1.165, 1.54) is 11.2 Å². The zero-order chi connectivity index (χ0) is 60.0. The highest BCUT2D eigenvalue weighted by Gasteiger charge is 2.56. The van der Waals surface area contributed by atoms with Gasteiger partial charge < -0.3 is 23.8 Å². The molecule has 2 aliphatic carbocycles. The van der Waals surface area contributed by atoms with Crippen molar-refractivity contribution in [2.45, 2.75) is 57.7 Å². The number of hydrogen-bond donors (Lipinski definition) is 0. The van der Waals surface area contributed by atoms with E-state index < -0.39 is 146 Å². The lowest BCUT2D eigenvalue weighted by Crippen LogP contribution is -2.60. The van der Waals surface area contributed by atoms with Gasteiger partial charge >= 0.3 is 26.0 Å². The maximum absolute atomic E-state index is 15.8. The minimum absolute atomic E-state index is 0.0519. The average Bonchev–Trinajstić information content (AvgIpc) is 0.981. The summed E-state index contributed by atoms with van der Waals surface area (Å²) in [5.41, 5.74) is 4.43. The average molecular weight is 1250 g/mol. The molecule has 10 rings (SSSR count). The van der Waals surface area contributed by atoms with E-state index in [9.17, 15) is 31.0 Å². The minimum atomic E-state index is -4.90. The molecule has 0 spiro atoms. The summed E-state index contributed by atoms with van der Waals surface area (Å²) in [6.07, 6.45) is -2.50. The highest BCUT2D eigenvalue weighted by Crippen LogP contribution is 2.55. The molecular weight excluding hydrogens is 1190 g/mol. The summed E-state index contributed by atoms with van der Waals surface area (Å²) in [6.45, 7) is 1.27. The van der Waals surface area contributed by atoms with Gasteiger partial charge in [-0.2, -0.15) is 4.98 Å². The number of phosphoric ester groups is 1. The van der Waals surface area contributed by atoms with E-state index in [2.05, 4.69) is 4.99 Å². The Morgan fingerprint density at radius 1 is 0.690 bits per heavy atom. The second-order valence-electron chi connectivity index (χ2n) is 21.5. The quantitative estimate of drug-likeness (QED) is 0.0242. The van der Waals surface area contributed by atoms with Crippen molar-refractivity contribution in [2.75, 3.05) is 80.9 Å². The van der Waals surface area contributed by atoms with Crippen LogP contribution < -0.4 is 19.4 Å². The van der Waals surface area contributed by atoms with Crippen molar-refractivity contribution < 1.29 is 68.3 Å². The summed E-state index contributed by atoms with van der Waals surface area (Å²) in [6, 6.07) is 28.9. The second-order valence-corrected chi connectivity index (χ2v) is 30.0. The molecule has 23 nitrogen and oxygen atoms in total. The molecule has 84 heavy (non-hydrogen) atoms. The zero-order valence-corrected chi connectivity index (χ0v) is 50.7. The lowest BCUT2D eigenvalue weighted by atomic mass is 9.98. The Hall–Kier alpha value is -6.94. The lowest BCUT2D eigenvalue weighted by Gasteiger charge is -2.48. The molecule has 3 atom stereocenters. The van der Waals surface area contributed by atoms with Gasteiger partial charge in [0, 0.05) is 38.4 Å². The van der Waals surface area contributed by atoms with Crippen molar-refractivity contribution in [3.05, 3.63) is 148 Å². The first-order valence-corrected chi connectivity index (χ1v) is 33.5. The molecule has 0 N–H and O–H groups in total. The molecule has 4 heterocycles. The Morgan fingerprint density at radius 3 is 1.62 bits per heavy atom. The number of hydrogen-bond acceptors (Lipinski definition) is 21. The topological polar surface area (TPSA) is 275 Å². The third-order valence-electron chi connectivity index (χ3n) is 14.1. The summed E-state index contributed by atoms with van der Waals surface area (Å²) in [4.78, 5) is 87.2. The van der Waals surface area contributed by atoms with Crippen LogP contribution in [0, 0.1) is 5.41 Å². The molecule has 2 amide bonds. The predicted octanol–water partition coefficient (Wildman–Crippen LogP) is 8.41. The number of fused-ring (bicyclic) bond motifs is 10. The van der Waals surface area contributed by atoms with Crippen molar-refractivity contribution in [1.82, 2.24) is 14.5 Å². The fraction of sp³-hybridized carbons (Fsp3) is 0.375. The zero-order valence-electron chi connectivity index (χ0n) is 46.6. The number of carbonyl (C=O) groups excluding carboxylic acids is 3. The van der Waals surface area contributed by atoms with E-state index >= 15 is 14.4 Å². The Kier molecular flexibility index (Phi) is 17.1. The fourth-order valence-corrected chi connectivity index (χ4v) is 14.8. The maximum atomic E-state index is 15.8. The number of ether oxygens (including phenoxy) is 4. The van der Waals surface area contributed by atoms with Crippen LogP contribution in [0.5, 0.6) is 0 Å². The number of esters is 1. The summed E-state index contributed by atoms with van der Waals surface area (Å²) in [5, 5.41) is 0. The Labute approximate surface area is 491 Å². The van der Waals surface area contributed by atoms with Gasteiger partial charge in [0.25, 0.3) is 9.62 Å². The molecule has 6 aromatic rings. The van der Waals surface area contributed by atoms with E-state index in [0.717, 1.165) is 71.4 Å². The number of aliphatic imine (C=N–C) groups is 1. The number of phosphoric acid groups is 1. The molecule has 444 valence electrons. The number of anilines is 2.